The minimum Gasteiger partial charge on any atom is -0.357 e. The van der Waals surface area contributed by atoms with Crippen molar-refractivity contribution in [2.24, 2.45) is 10.9 Å². The van der Waals surface area contributed by atoms with Gasteiger partial charge in [0.1, 0.15) is 0 Å². The third kappa shape index (κ3) is 6.50. The van der Waals surface area contributed by atoms with Gasteiger partial charge in [0.25, 0.3) is 0 Å². The molecule has 5 nitrogen and oxygen atoms in total. The topological polar surface area (TPSA) is 54.2 Å². The van der Waals surface area contributed by atoms with E-state index in [1.807, 2.05) is 18.7 Å². The molecule has 0 saturated heterocycles. The summed E-state index contributed by atoms with van der Waals surface area (Å²) in [7, 11) is 0. The number of imidazole rings is 1. The average molecular weight is 305 g/mol. The van der Waals surface area contributed by atoms with Crippen molar-refractivity contribution in [3.8, 4) is 0 Å². The minimum absolute atomic E-state index is 0.843. The lowest BCUT2D eigenvalue weighted by Gasteiger charge is -2.13. The van der Waals surface area contributed by atoms with Crippen molar-refractivity contribution in [2.75, 3.05) is 19.6 Å². The summed E-state index contributed by atoms with van der Waals surface area (Å²) in [5.41, 5.74) is 0. The molecular formula is C17H31N5. The van der Waals surface area contributed by atoms with E-state index in [9.17, 15) is 0 Å². The van der Waals surface area contributed by atoms with E-state index in [-0.39, 0.29) is 0 Å². The molecule has 2 rings (SSSR count). The molecule has 0 spiro atoms. The first-order chi connectivity index (χ1) is 10.9. The second-order valence-electron chi connectivity index (χ2n) is 6.13. The van der Waals surface area contributed by atoms with Crippen LogP contribution < -0.4 is 10.6 Å². The Morgan fingerprint density at radius 2 is 2.14 bits per heavy atom. The summed E-state index contributed by atoms with van der Waals surface area (Å²) >= 11 is 0. The van der Waals surface area contributed by atoms with E-state index in [1.165, 1.54) is 38.5 Å². The van der Waals surface area contributed by atoms with Crippen molar-refractivity contribution in [2.45, 2.75) is 58.4 Å². The van der Waals surface area contributed by atoms with Crippen molar-refractivity contribution in [3.05, 3.63) is 18.7 Å². The lowest BCUT2D eigenvalue weighted by molar-refractivity contribution is 0.481. The van der Waals surface area contributed by atoms with E-state index >= 15 is 0 Å². The SMILES string of the molecule is CCNC(=NCCCn1ccnc1)NCCCC1CCCC1. The summed E-state index contributed by atoms with van der Waals surface area (Å²) in [6.45, 7) is 5.88. The Hall–Kier alpha value is -1.52. The fraction of sp³-hybridized carbons (Fsp3) is 0.765. The number of guanidine groups is 1. The fourth-order valence-corrected chi connectivity index (χ4v) is 3.10. The third-order valence-corrected chi connectivity index (χ3v) is 4.30. The van der Waals surface area contributed by atoms with Gasteiger partial charge in [0.15, 0.2) is 5.96 Å². The Balaban J connectivity index is 1.59. The van der Waals surface area contributed by atoms with E-state index in [4.69, 9.17) is 0 Å². The van der Waals surface area contributed by atoms with Gasteiger partial charge >= 0.3 is 0 Å². The lowest BCUT2D eigenvalue weighted by atomic mass is 10.0. The smallest absolute Gasteiger partial charge is 0.191 e. The highest BCUT2D eigenvalue weighted by Gasteiger charge is 2.13. The van der Waals surface area contributed by atoms with Crippen LogP contribution in [-0.4, -0.2) is 35.1 Å². The summed E-state index contributed by atoms with van der Waals surface area (Å²) < 4.78 is 2.09. The number of hydrogen-bond donors (Lipinski definition) is 2. The fourth-order valence-electron chi connectivity index (χ4n) is 3.10. The zero-order valence-corrected chi connectivity index (χ0v) is 13.9. The number of nitrogens with zero attached hydrogens (tertiary/aromatic N) is 3. The monoisotopic (exact) mass is 305 g/mol. The molecular weight excluding hydrogens is 274 g/mol. The van der Waals surface area contributed by atoms with Gasteiger partial charge in [-0.05, 0) is 32.1 Å². The lowest BCUT2D eigenvalue weighted by Crippen LogP contribution is -2.38. The molecule has 0 unspecified atom stereocenters. The molecule has 1 aliphatic carbocycles. The standard InChI is InChI=1S/C17H31N5/c1-2-19-17(20-10-5-9-16-7-3-4-8-16)21-11-6-13-22-14-12-18-15-22/h12,14-16H,2-11,13H2,1H3,(H2,19,20,21). The molecule has 2 N–H and O–H groups in total. The zero-order valence-electron chi connectivity index (χ0n) is 13.9. The highest BCUT2D eigenvalue weighted by atomic mass is 15.2. The van der Waals surface area contributed by atoms with Crippen molar-refractivity contribution in [1.82, 2.24) is 20.2 Å². The van der Waals surface area contributed by atoms with Gasteiger partial charge < -0.3 is 15.2 Å². The first-order valence-electron chi connectivity index (χ1n) is 8.86. The maximum Gasteiger partial charge on any atom is 0.191 e. The van der Waals surface area contributed by atoms with E-state index in [2.05, 4.69) is 32.1 Å². The van der Waals surface area contributed by atoms with E-state index in [0.717, 1.165) is 44.5 Å². The summed E-state index contributed by atoms with van der Waals surface area (Å²) in [6.07, 6.45) is 15.1. The second-order valence-corrected chi connectivity index (χ2v) is 6.13. The van der Waals surface area contributed by atoms with Crippen LogP contribution in [0.5, 0.6) is 0 Å². The van der Waals surface area contributed by atoms with Crippen LogP contribution in [0, 0.1) is 5.92 Å². The van der Waals surface area contributed by atoms with Crippen LogP contribution in [0.1, 0.15) is 51.9 Å². The number of aryl methyl sites for hydroxylation is 1. The van der Waals surface area contributed by atoms with Gasteiger partial charge in [0.2, 0.25) is 0 Å². The molecule has 5 heteroatoms. The van der Waals surface area contributed by atoms with Crippen LogP contribution in [0.3, 0.4) is 0 Å². The molecule has 0 aromatic carbocycles. The van der Waals surface area contributed by atoms with E-state index in [1.54, 1.807) is 0 Å². The maximum absolute atomic E-state index is 4.64. The van der Waals surface area contributed by atoms with Crippen LogP contribution >= 0.6 is 0 Å². The normalized spacial score (nSPS) is 16.1. The Morgan fingerprint density at radius 1 is 1.27 bits per heavy atom. The van der Waals surface area contributed by atoms with Crippen molar-refractivity contribution in [3.63, 3.8) is 0 Å². The number of nitrogens with one attached hydrogen (secondary N) is 2. The number of aromatic nitrogens is 2. The molecule has 1 heterocycles. The molecule has 0 bridgehead atoms. The Labute approximate surface area is 134 Å². The van der Waals surface area contributed by atoms with Crippen molar-refractivity contribution in [1.29, 1.82) is 0 Å². The molecule has 1 fully saturated rings. The minimum atomic E-state index is 0.843. The van der Waals surface area contributed by atoms with Crippen LogP contribution in [0.2, 0.25) is 0 Å². The third-order valence-electron chi connectivity index (χ3n) is 4.30. The molecule has 0 aliphatic heterocycles. The predicted molar refractivity (Wildman–Crippen MR) is 92.0 cm³/mol. The van der Waals surface area contributed by atoms with Gasteiger partial charge in [0, 0.05) is 38.6 Å². The van der Waals surface area contributed by atoms with E-state index < -0.39 is 0 Å². The molecule has 1 aromatic rings. The maximum atomic E-state index is 4.64. The van der Waals surface area contributed by atoms with Crippen molar-refractivity contribution < 1.29 is 0 Å². The van der Waals surface area contributed by atoms with Crippen molar-refractivity contribution >= 4 is 5.96 Å². The molecule has 1 aromatic heterocycles. The Morgan fingerprint density at radius 3 is 2.86 bits per heavy atom. The quantitative estimate of drug-likeness (QED) is 0.419. The highest BCUT2D eigenvalue weighted by Crippen LogP contribution is 2.28. The molecule has 1 saturated carbocycles. The van der Waals surface area contributed by atoms with Crippen LogP contribution in [0.4, 0.5) is 0 Å². The molecule has 1 aliphatic rings. The molecule has 22 heavy (non-hydrogen) atoms. The largest absolute Gasteiger partial charge is 0.357 e. The molecule has 0 amide bonds. The predicted octanol–water partition coefficient (Wildman–Crippen LogP) is 2.80. The average Bonchev–Trinajstić information content (AvgIpc) is 3.21. The van der Waals surface area contributed by atoms with Gasteiger partial charge in [-0.2, -0.15) is 0 Å². The van der Waals surface area contributed by atoms with Crippen LogP contribution in [-0.2, 0) is 6.54 Å². The Kier molecular flexibility index (Phi) is 7.85. The summed E-state index contributed by atoms with van der Waals surface area (Å²) in [5.74, 6) is 1.94. The summed E-state index contributed by atoms with van der Waals surface area (Å²) in [6, 6.07) is 0. The first-order valence-corrected chi connectivity index (χ1v) is 8.86. The molecule has 124 valence electrons. The summed E-state index contributed by atoms with van der Waals surface area (Å²) in [5, 5.41) is 6.78. The highest BCUT2D eigenvalue weighted by molar-refractivity contribution is 5.79. The number of aliphatic imine (C=N–C) groups is 1. The van der Waals surface area contributed by atoms with Gasteiger partial charge in [-0.15, -0.1) is 0 Å². The van der Waals surface area contributed by atoms with Gasteiger partial charge in [-0.25, -0.2) is 4.98 Å². The summed E-state index contributed by atoms with van der Waals surface area (Å²) in [4.78, 5) is 8.69. The number of rotatable bonds is 9. The van der Waals surface area contributed by atoms with Gasteiger partial charge in [-0.1, -0.05) is 25.7 Å². The second kappa shape index (κ2) is 10.2. The number of hydrogen-bond acceptors (Lipinski definition) is 2. The molecule has 0 atom stereocenters. The van der Waals surface area contributed by atoms with Gasteiger partial charge in [-0.3, -0.25) is 4.99 Å². The van der Waals surface area contributed by atoms with Crippen LogP contribution in [0.15, 0.2) is 23.7 Å². The molecule has 0 radical (unpaired) electrons. The van der Waals surface area contributed by atoms with Crippen LogP contribution in [0.25, 0.3) is 0 Å². The van der Waals surface area contributed by atoms with Gasteiger partial charge in [0.05, 0.1) is 6.33 Å². The Bertz CT molecular complexity index is 407. The zero-order chi connectivity index (χ0) is 15.5. The first kappa shape index (κ1) is 16.8. The van der Waals surface area contributed by atoms with E-state index in [0.29, 0.717) is 0 Å².